The van der Waals surface area contributed by atoms with E-state index in [0.29, 0.717) is 13.0 Å². The van der Waals surface area contributed by atoms with E-state index in [-0.39, 0.29) is 11.1 Å². The molecule has 0 saturated carbocycles. The van der Waals surface area contributed by atoms with Gasteiger partial charge in [-0.3, -0.25) is 0 Å². The molecule has 5 nitrogen and oxygen atoms in total. The average Bonchev–Trinajstić information content (AvgIpc) is 2.14. The summed E-state index contributed by atoms with van der Waals surface area (Å²) in [7, 11) is 1.52. The predicted molar refractivity (Wildman–Crippen MR) is 55.7 cm³/mol. The van der Waals surface area contributed by atoms with Crippen molar-refractivity contribution in [3.05, 3.63) is 24.3 Å². The topological polar surface area (TPSA) is 83.8 Å². The van der Waals surface area contributed by atoms with E-state index in [1.165, 1.54) is 14.0 Å². The predicted octanol–water partition coefficient (Wildman–Crippen LogP) is 1.31. The SMILES string of the molecule is C=C(C)C(=O)O.C=C(CCOC)C(=O)O. The van der Waals surface area contributed by atoms with Crippen molar-refractivity contribution in [2.75, 3.05) is 13.7 Å². The molecule has 0 spiro atoms. The number of hydrogen-bond acceptors (Lipinski definition) is 3. The molecule has 0 fully saturated rings. The second-order valence-corrected chi connectivity index (χ2v) is 2.74. The summed E-state index contributed by atoms with van der Waals surface area (Å²) in [6, 6.07) is 0. The van der Waals surface area contributed by atoms with Crippen LogP contribution in [0.15, 0.2) is 24.3 Å². The van der Waals surface area contributed by atoms with Gasteiger partial charge in [-0.15, -0.1) is 0 Å². The van der Waals surface area contributed by atoms with Crippen LogP contribution in [0.5, 0.6) is 0 Å². The number of ether oxygens (including phenoxy) is 1. The van der Waals surface area contributed by atoms with E-state index in [9.17, 15) is 9.59 Å². The molecule has 2 N–H and O–H groups in total. The molecule has 0 saturated heterocycles. The zero-order valence-electron chi connectivity index (χ0n) is 8.95. The monoisotopic (exact) mass is 216 g/mol. The first kappa shape index (κ1) is 15.8. The number of methoxy groups -OCH3 is 1. The molecule has 0 rings (SSSR count). The highest BCUT2D eigenvalue weighted by molar-refractivity contribution is 5.85. The molecule has 0 unspecified atom stereocenters. The standard InChI is InChI=1S/C6H10O3.C4H6O2/c1-5(6(7)8)3-4-9-2;1-3(2)4(5)6/h1,3-4H2,2H3,(H,7,8);1H2,2H3,(H,5,6). The highest BCUT2D eigenvalue weighted by Gasteiger charge is 2.01. The van der Waals surface area contributed by atoms with Crippen LogP contribution in [-0.2, 0) is 14.3 Å². The lowest BCUT2D eigenvalue weighted by molar-refractivity contribution is -0.133. The molecule has 5 heteroatoms. The van der Waals surface area contributed by atoms with Crippen molar-refractivity contribution >= 4 is 11.9 Å². The maximum absolute atomic E-state index is 10.1. The smallest absolute Gasteiger partial charge is 0.331 e. The minimum absolute atomic E-state index is 0.176. The van der Waals surface area contributed by atoms with Gasteiger partial charge in [0.05, 0.1) is 6.61 Å². The number of rotatable bonds is 5. The van der Waals surface area contributed by atoms with Gasteiger partial charge in [0.1, 0.15) is 0 Å². The van der Waals surface area contributed by atoms with Crippen LogP contribution >= 0.6 is 0 Å². The number of carboxylic acid groups (broad SMARTS) is 2. The maximum Gasteiger partial charge on any atom is 0.331 e. The van der Waals surface area contributed by atoms with Crippen LogP contribution in [0.3, 0.4) is 0 Å². The van der Waals surface area contributed by atoms with E-state index in [1.54, 1.807) is 0 Å². The van der Waals surface area contributed by atoms with Gasteiger partial charge < -0.3 is 14.9 Å². The van der Waals surface area contributed by atoms with E-state index in [0.717, 1.165) is 0 Å². The molecule has 0 bridgehead atoms. The Hall–Kier alpha value is -1.62. The second kappa shape index (κ2) is 8.96. The van der Waals surface area contributed by atoms with Gasteiger partial charge in [-0.25, -0.2) is 9.59 Å². The van der Waals surface area contributed by atoms with Crippen LogP contribution < -0.4 is 0 Å². The number of aliphatic carboxylic acids is 2. The largest absolute Gasteiger partial charge is 0.478 e. The van der Waals surface area contributed by atoms with Gasteiger partial charge in [-0.1, -0.05) is 13.2 Å². The van der Waals surface area contributed by atoms with Crippen LogP contribution in [0.25, 0.3) is 0 Å². The molecular formula is C10H16O5. The Kier molecular flexibility index (Phi) is 9.45. The first-order chi connectivity index (χ1) is 6.82. The lowest BCUT2D eigenvalue weighted by Gasteiger charge is -1.96. The highest BCUT2D eigenvalue weighted by Crippen LogP contribution is 1.96. The van der Waals surface area contributed by atoms with Crippen LogP contribution in [0, 0.1) is 0 Å². The molecule has 86 valence electrons. The van der Waals surface area contributed by atoms with E-state index in [4.69, 9.17) is 10.2 Å². The Balaban J connectivity index is 0. The molecular weight excluding hydrogens is 200 g/mol. The summed E-state index contributed by atoms with van der Waals surface area (Å²) in [4.78, 5) is 19.6. The fourth-order valence-corrected chi connectivity index (χ4v) is 0.332. The third-order valence-electron chi connectivity index (χ3n) is 1.28. The summed E-state index contributed by atoms with van der Waals surface area (Å²) in [5, 5.41) is 16.1. The van der Waals surface area contributed by atoms with Gasteiger partial charge >= 0.3 is 11.9 Å². The fraction of sp³-hybridized carbons (Fsp3) is 0.400. The van der Waals surface area contributed by atoms with Gasteiger partial charge in [0.2, 0.25) is 0 Å². The van der Waals surface area contributed by atoms with Gasteiger partial charge in [-0.2, -0.15) is 0 Å². The first-order valence-electron chi connectivity index (χ1n) is 4.11. The van der Waals surface area contributed by atoms with Crippen molar-refractivity contribution in [3.8, 4) is 0 Å². The molecule has 0 aliphatic rings. The van der Waals surface area contributed by atoms with Gasteiger partial charge in [-0.05, 0) is 6.92 Å². The van der Waals surface area contributed by atoms with Crippen molar-refractivity contribution in [2.45, 2.75) is 13.3 Å². The maximum atomic E-state index is 10.1. The first-order valence-corrected chi connectivity index (χ1v) is 4.11. The van der Waals surface area contributed by atoms with E-state index in [1.807, 2.05) is 0 Å². The Morgan fingerprint density at radius 3 is 1.80 bits per heavy atom. The normalized spacial score (nSPS) is 8.40. The summed E-state index contributed by atoms with van der Waals surface area (Å²) in [6.45, 7) is 8.34. The van der Waals surface area contributed by atoms with Gasteiger partial charge in [0.25, 0.3) is 0 Å². The third kappa shape index (κ3) is 12.4. The van der Waals surface area contributed by atoms with E-state index >= 15 is 0 Å². The Labute approximate surface area is 88.7 Å². The fourth-order valence-electron chi connectivity index (χ4n) is 0.332. The minimum atomic E-state index is -0.952. The van der Waals surface area contributed by atoms with Crippen molar-refractivity contribution < 1.29 is 24.5 Å². The number of hydrogen-bond donors (Lipinski definition) is 2. The lowest BCUT2D eigenvalue weighted by Crippen LogP contribution is -2.01. The van der Waals surface area contributed by atoms with Crippen molar-refractivity contribution in [1.82, 2.24) is 0 Å². The highest BCUT2D eigenvalue weighted by atomic mass is 16.5. The van der Waals surface area contributed by atoms with E-state index < -0.39 is 11.9 Å². The summed E-state index contributed by atoms with van der Waals surface area (Å²) in [5.74, 6) is -1.89. The van der Waals surface area contributed by atoms with Crippen LogP contribution in [-0.4, -0.2) is 35.9 Å². The molecule has 0 atom stereocenters. The summed E-state index contributed by atoms with van der Waals surface area (Å²) in [5.41, 5.74) is 0.367. The van der Waals surface area contributed by atoms with Crippen LogP contribution in [0.1, 0.15) is 13.3 Å². The Bertz CT molecular complexity index is 243. The summed E-state index contributed by atoms with van der Waals surface area (Å²) in [6.07, 6.45) is 0.395. The Morgan fingerprint density at radius 1 is 1.20 bits per heavy atom. The van der Waals surface area contributed by atoms with Crippen molar-refractivity contribution in [3.63, 3.8) is 0 Å². The molecule has 0 radical (unpaired) electrons. The quantitative estimate of drug-likeness (QED) is 0.677. The molecule has 0 aromatic heterocycles. The van der Waals surface area contributed by atoms with Crippen LogP contribution in [0.4, 0.5) is 0 Å². The molecule has 0 amide bonds. The average molecular weight is 216 g/mol. The van der Waals surface area contributed by atoms with Crippen molar-refractivity contribution in [2.24, 2.45) is 0 Å². The summed E-state index contributed by atoms with van der Waals surface area (Å²) >= 11 is 0. The van der Waals surface area contributed by atoms with Gasteiger partial charge in [0, 0.05) is 24.7 Å². The zero-order valence-corrected chi connectivity index (χ0v) is 8.95. The Morgan fingerprint density at radius 2 is 1.60 bits per heavy atom. The molecule has 0 aromatic carbocycles. The molecule has 0 aromatic rings. The lowest BCUT2D eigenvalue weighted by atomic mass is 10.2. The summed E-state index contributed by atoms with van der Waals surface area (Å²) < 4.78 is 4.64. The molecule has 0 aliphatic carbocycles. The minimum Gasteiger partial charge on any atom is -0.478 e. The third-order valence-corrected chi connectivity index (χ3v) is 1.28. The van der Waals surface area contributed by atoms with Crippen LogP contribution in [0.2, 0.25) is 0 Å². The number of carbonyl (C=O) groups is 2. The molecule has 15 heavy (non-hydrogen) atoms. The molecule has 0 aliphatic heterocycles. The second-order valence-electron chi connectivity index (χ2n) is 2.74. The molecule has 0 heterocycles. The van der Waals surface area contributed by atoms with E-state index in [2.05, 4.69) is 17.9 Å². The van der Waals surface area contributed by atoms with Crippen molar-refractivity contribution in [1.29, 1.82) is 0 Å². The number of carboxylic acids is 2. The van der Waals surface area contributed by atoms with Gasteiger partial charge in [0.15, 0.2) is 0 Å². The zero-order chi connectivity index (χ0) is 12.4.